The molecule has 1 N–H and O–H groups in total. The van der Waals surface area contributed by atoms with Crippen molar-refractivity contribution in [2.24, 2.45) is 0 Å². The summed E-state index contributed by atoms with van der Waals surface area (Å²) in [4.78, 5) is 30.7. The zero-order chi connectivity index (χ0) is 20.4. The smallest absolute Gasteiger partial charge is 0.335 e. The van der Waals surface area contributed by atoms with Crippen molar-refractivity contribution in [3.63, 3.8) is 0 Å². The molecule has 2 heterocycles. The fourth-order valence-corrected chi connectivity index (χ4v) is 3.97. The van der Waals surface area contributed by atoms with Crippen LogP contribution in [0, 0.1) is 6.92 Å². The maximum Gasteiger partial charge on any atom is 0.335 e. The maximum atomic E-state index is 13.0. The molecule has 1 saturated heterocycles. The third kappa shape index (κ3) is 4.01. The molecule has 150 valence electrons. The number of carboxylic acids is 1. The number of carboxylic acid groups (broad SMARTS) is 1. The van der Waals surface area contributed by atoms with Gasteiger partial charge in [0.05, 0.1) is 16.6 Å². The van der Waals surface area contributed by atoms with Gasteiger partial charge >= 0.3 is 5.97 Å². The molecule has 0 saturated carbocycles. The number of hydrogen-bond donors (Lipinski definition) is 1. The predicted molar refractivity (Wildman–Crippen MR) is 111 cm³/mol. The number of likely N-dealkylation sites (tertiary alicyclic amines) is 1. The Kier molecular flexibility index (Phi) is 5.34. The average Bonchev–Trinajstić information content (AvgIpc) is 2.90. The van der Waals surface area contributed by atoms with Crippen LogP contribution in [-0.4, -0.2) is 44.5 Å². The SMILES string of the molecule is Cc1nc2ccc(C(=O)N3CCCCCC3)cc2n1Cc1ccc(C(=O)O)cc1. The molecule has 4 rings (SSSR count). The van der Waals surface area contributed by atoms with Gasteiger partial charge in [0.15, 0.2) is 0 Å². The van der Waals surface area contributed by atoms with E-state index in [-0.39, 0.29) is 11.5 Å². The van der Waals surface area contributed by atoms with Crippen molar-refractivity contribution in [1.29, 1.82) is 0 Å². The molecule has 0 unspecified atom stereocenters. The Morgan fingerprint density at radius 3 is 2.28 bits per heavy atom. The lowest BCUT2D eigenvalue weighted by Gasteiger charge is -2.20. The lowest BCUT2D eigenvalue weighted by Crippen LogP contribution is -2.31. The Bertz CT molecular complexity index is 1050. The van der Waals surface area contributed by atoms with E-state index in [4.69, 9.17) is 5.11 Å². The zero-order valence-corrected chi connectivity index (χ0v) is 16.6. The van der Waals surface area contributed by atoms with Crippen molar-refractivity contribution in [3.05, 3.63) is 65.0 Å². The topological polar surface area (TPSA) is 75.4 Å². The summed E-state index contributed by atoms with van der Waals surface area (Å²) in [6, 6.07) is 12.6. The summed E-state index contributed by atoms with van der Waals surface area (Å²) in [6.45, 7) is 4.17. The molecule has 29 heavy (non-hydrogen) atoms. The maximum absolute atomic E-state index is 13.0. The van der Waals surface area contributed by atoms with E-state index >= 15 is 0 Å². The first-order valence-corrected chi connectivity index (χ1v) is 10.1. The second-order valence-corrected chi connectivity index (χ2v) is 7.66. The van der Waals surface area contributed by atoms with Crippen molar-refractivity contribution in [1.82, 2.24) is 14.5 Å². The summed E-state index contributed by atoms with van der Waals surface area (Å²) in [5.41, 5.74) is 3.73. The number of rotatable bonds is 4. The van der Waals surface area contributed by atoms with E-state index in [2.05, 4.69) is 9.55 Å². The number of nitrogens with zero attached hydrogens (tertiary/aromatic N) is 3. The van der Waals surface area contributed by atoms with Gasteiger partial charge in [0.1, 0.15) is 5.82 Å². The Labute approximate surface area is 169 Å². The fourth-order valence-electron chi connectivity index (χ4n) is 3.97. The summed E-state index contributed by atoms with van der Waals surface area (Å²) in [5.74, 6) is 0.0178. The van der Waals surface area contributed by atoms with Gasteiger partial charge in [-0.25, -0.2) is 9.78 Å². The first kappa shape index (κ1) is 19.2. The summed E-state index contributed by atoms with van der Waals surface area (Å²) < 4.78 is 2.07. The highest BCUT2D eigenvalue weighted by Gasteiger charge is 2.19. The molecule has 6 heteroatoms. The molecule has 0 spiro atoms. The number of carbonyl (C=O) groups is 2. The lowest BCUT2D eigenvalue weighted by molar-refractivity contribution is 0.0695. The lowest BCUT2D eigenvalue weighted by atomic mass is 10.1. The van der Waals surface area contributed by atoms with Gasteiger partial charge in [0.2, 0.25) is 0 Å². The van der Waals surface area contributed by atoms with Gasteiger partial charge in [-0.3, -0.25) is 4.79 Å². The third-order valence-corrected chi connectivity index (χ3v) is 5.62. The molecule has 0 radical (unpaired) electrons. The molecular weight excluding hydrogens is 366 g/mol. The van der Waals surface area contributed by atoms with Crippen molar-refractivity contribution in [2.45, 2.75) is 39.2 Å². The van der Waals surface area contributed by atoms with E-state index in [0.29, 0.717) is 12.1 Å². The molecule has 6 nitrogen and oxygen atoms in total. The summed E-state index contributed by atoms with van der Waals surface area (Å²) in [5, 5.41) is 9.07. The standard InChI is InChI=1S/C23H25N3O3/c1-16-24-20-11-10-19(22(27)25-12-4-2-3-5-13-25)14-21(20)26(16)15-17-6-8-18(9-7-17)23(28)29/h6-11,14H,2-5,12-13,15H2,1H3,(H,28,29). The quantitative estimate of drug-likeness (QED) is 0.726. The number of carbonyl (C=O) groups excluding carboxylic acids is 1. The van der Waals surface area contributed by atoms with Crippen LogP contribution in [0.15, 0.2) is 42.5 Å². The fraction of sp³-hybridized carbons (Fsp3) is 0.348. The summed E-state index contributed by atoms with van der Waals surface area (Å²) >= 11 is 0. The molecule has 1 aromatic heterocycles. The number of hydrogen-bond acceptors (Lipinski definition) is 3. The van der Waals surface area contributed by atoms with Crippen LogP contribution >= 0.6 is 0 Å². The van der Waals surface area contributed by atoms with Gasteiger partial charge in [0.25, 0.3) is 5.91 Å². The van der Waals surface area contributed by atoms with Crippen LogP contribution in [0.2, 0.25) is 0 Å². The highest BCUT2D eigenvalue weighted by Crippen LogP contribution is 2.21. The molecule has 1 aliphatic heterocycles. The Hall–Kier alpha value is -3.15. The Morgan fingerprint density at radius 2 is 1.62 bits per heavy atom. The molecule has 0 bridgehead atoms. The Balaban J connectivity index is 1.64. The molecular formula is C23H25N3O3. The molecule has 2 aromatic carbocycles. The van der Waals surface area contributed by atoms with E-state index < -0.39 is 5.97 Å². The van der Waals surface area contributed by atoms with Crippen molar-refractivity contribution in [3.8, 4) is 0 Å². The van der Waals surface area contributed by atoms with Crippen molar-refractivity contribution < 1.29 is 14.7 Å². The third-order valence-electron chi connectivity index (χ3n) is 5.62. The van der Waals surface area contributed by atoms with Gasteiger partial charge in [-0.1, -0.05) is 25.0 Å². The van der Waals surface area contributed by atoms with Crippen LogP contribution < -0.4 is 0 Å². The van der Waals surface area contributed by atoms with Gasteiger partial charge in [0, 0.05) is 25.2 Å². The first-order valence-electron chi connectivity index (χ1n) is 10.1. The number of amides is 1. The number of aromatic nitrogens is 2. The highest BCUT2D eigenvalue weighted by molar-refractivity contribution is 5.97. The molecule has 0 aliphatic carbocycles. The minimum absolute atomic E-state index is 0.0880. The van der Waals surface area contributed by atoms with E-state index in [1.165, 1.54) is 12.8 Å². The van der Waals surface area contributed by atoms with E-state index in [1.54, 1.807) is 12.1 Å². The monoisotopic (exact) mass is 391 g/mol. The molecule has 3 aromatic rings. The van der Waals surface area contributed by atoms with Crippen LogP contribution in [0.5, 0.6) is 0 Å². The van der Waals surface area contributed by atoms with Gasteiger partial charge in [-0.05, 0) is 55.7 Å². The normalized spacial score (nSPS) is 14.7. The number of benzene rings is 2. The Morgan fingerprint density at radius 1 is 0.966 bits per heavy atom. The van der Waals surface area contributed by atoms with Crippen LogP contribution in [0.4, 0.5) is 0 Å². The van der Waals surface area contributed by atoms with Crippen molar-refractivity contribution >= 4 is 22.9 Å². The number of aryl methyl sites for hydroxylation is 1. The van der Waals surface area contributed by atoms with E-state index in [9.17, 15) is 9.59 Å². The van der Waals surface area contributed by atoms with Crippen LogP contribution in [0.25, 0.3) is 11.0 Å². The molecule has 1 fully saturated rings. The zero-order valence-electron chi connectivity index (χ0n) is 16.6. The highest BCUT2D eigenvalue weighted by atomic mass is 16.4. The van der Waals surface area contributed by atoms with E-state index in [1.807, 2.05) is 42.2 Å². The minimum Gasteiger partial charge on any atom is -0.478 e. The second-order valence-electron chi connectivity index (χ2n) is 7.66. The summed E-state index contributed by atoms with van der Waals surface area (Å²) in [7, 11) is 0. The van der Waals surface area contributed by atoms with Crippen LogP contribution in [0.3, 0.4) is 0 Å². The van der Waals surface area contributed by atoms with Gasteiger partial charge in [-0.2, -0.15) is 0 Å². The number of imidazole rings is 1. The molecule has 1 amide bonds. The van der Waals surface area contributed by atoms with Crippen molar-refractivity contribution in [2.75, 3.05) is 13.1 Å². The molecule has 0 atom stereocenters. The van der Waals surface area contributed by atoms with Crippen LogP contribution in [0.1, 0.15) is 57.8 Å². The largest absolute Gasteiger partial charge is 0.478 e. The average molecular weight is 391 g/mol. The van der Waals surface area contributed by atoms with E-state index in [0.717, 1.165) is 48.4 Å². The first-order chi connectivity index (χ1) is 14.0. The predicted octanol–water partition coefficient (Wildman–Crippen LogP) is 4.11. The minimum atomic E-state index is -0.933. The van der Waals surface area contributed by atoms with Crippen LogP contribution in [-0.2, 0) is 6.54 Å². The second kappa shape index (κ2) is 8.07. The van der Waals surface area contributed by atoms with Gasteiger partial charge in [-0.15, -0.1) is 0 Å². The molecule has 1 aliphatic rings. The van der Waals surface area contributed by atoms with Gasteiger partial charge < -0.3 is 14.6 Å². The number of aromatic carboxylic acids is 1. The summed E-state index contributed by atoms with van der Waals surface area (Å²) in [6.07, 6.45) is 4.51. The number of fused-ring (bicyclic) bond motifs is 1.